The lowest BCUT2D eigenvalue weighted by Gasteiger charge is -2.20. The summed E-state index contributed by atoms with van der Waals surface area (Å²) in [5.74, 6) is 0.700. The summed E-state index contributed by atoms with van der Waals surface area (Å²) in [6.45, 7) is 2.48. The van der Waals surface area contributed by atoms with Crippen LogP contribution < -0.4 is 10.6 Å². The zero-order chi connectivity index (χ0) is 14.5. The molecule has 2 rings (SSSR count). The summed E-state index contributed by atoms with van der Waals surface area (Å²) in [6.07, 6.45) is 1.75. The van der Waals surface area contributed by atoms with Gasteiger partial charge >= 0.3 is 0 Å². The maximum absolute atomic E-state index is 8.86. The Hall–Kier alpha value is -2.63. The number of nitrogens with zero attached hydrogens (tertiary/aromatic N) is 4. The maximum atomic E-state index is 8.86. The molecule has 0 saturated carbocycles. The molecule has 2 aromatic heterocycles. The number of anilines is 1. The number of aromatic nitrogens is 2. The first-order chi connectivity index (χ1) is 9.61. The molecule has 0 atom stereocenters. The molecular weight excluding hydrogens is 254 g/mol. The van der Waals surface area contributed by atoms with Crippen molar-refractivity contribution in [1.82, 2.24) is 9.97 Å². The molecule has 6 nitrogen and oxygen atoms in total. The van der Waals surface area contributed by atoms with Crippen LogP contribution in [0.3, 0.4) is 0 Å². The van der Waals surface area contributed by atoms with E-state index >= 15 is 0 Å². The van der Waals surface area contributed by atoms with Crippen molar-refractivity contribution in [3.05, 3.63) is 53.5 Å². The Morgan fingerprint density at radius 1 is 1.35 bits per heavy atom. The van der Waals surface area contributed by atoms with E-state index in [0.29, 0.717) is 17.9 Å². The second kappa shape index (κ2) is 6.01. The zero-order valence-electron chi connectivity index (χ0n) is 11.5. The number of hydrogen-bond acceptors (Lipinski definition) is 5. The summed E-state index contributed by atoms with van der Waals surface area (Å²) >= 11 is 0. The van der Waals surface area contributed by atoms with Crippen molar-refractivity contribution in [2.45, 2.75) is 13.5 Å². The minimum Gasteiger partial charge on any atom is -0.409 e. The molecule has 0 fully saturated rings. The molecule has 0 aliphatic heterocycles. The summed E-state index contributed by atoms with van der Waals surface area (Å²) in [5, 5.41) is 11.9. The highest BCUT2D eigenvalue weighted by molar-refractivity contribution is 6.01. The molecule has 104 valence electrons. The van der Waals surface area contributed by atoms with Crippen LogP contribution in [0.25, 0.3) is 0 Å². The molecular formula is C14H17N5O. The largest absolute Gasteiger partial charge is 0.409 e. The average molecular weight is 271 g/mol. The van der Waals surface area contributed by atoms with E-state index in [1.807, 2.05) is 43.1 Å². The molecule has 0 aliphatic carbocycles. The third kappa shape index (κ3) is 3.03. The first kappa shape index (κ1) is 13.8. The maximum Gasteiger partial charge on any atom is 0.173 e. The Morgan fingerprint density at radius 3 is 2.80 bits per heavy atom. The monoisotopic (exact) mass is 271 g/mol. The van der Waals surface area contributed by atoms with Gasteiger partial charge in [0.05, 0.1) is 17.8 Å². The predicted octanol–water partition coefficient (Wildman–Crippen LogP) is 1.52. The molecule has 0 radical (unpaired) electrons. The van der Waals surface area contributed by atoms with Gasteiger partial charge in [-0.25, -0.2) is 4.98 Å². The Balaban J connectivity index is 2.33. The number of aryl methyl sites for hydroxylation is 1. The Morgan fingerprint density at radius 2 is 2.15 bits per heavy atom. The van der Waals surface area contributed by atoms with Crippen LogP contribution in [0.2, 0.25) is 0 Å². The standard InChI is InChI=1S/C14H17N5O/c1-10-6-7-12(13(15)18-20)14(17-10)19(2)9-11-5-3-4-8-16-11/h3-8,20H,9H2,1-2H3,(H2,15,18). The molecule has 0 unspecified atom stereocenters. The Bertz CT molecular complexity index is 612. The van der Waals surface area contributed by atoms with E-state index in [1.165, 1.54) is 0 Å². The molecule has 0 amide bonds. The smallest absolute Gasteiger partial charge is 0.173 e. The van der Waals surface area contributed by atoms with E-state index in [-0.39, 0.29) is 5.84 Å². The third-order valence-electron chi connectivity index (χ3n) is 2.88. The lowest BCUT2D eigenvalue weighted by atomic mass is 10.2. The fourth-order valence-corrected chi connectivity index (χ4v) is 1.90. The molecule has 6 heteroatoms. The van der Waals surface area contributed by atoms with Gasteiger partial charge in [-0.3, -0.25) is 4.98 Å². The van der Waals surface area contributed by atoms with E-state index in [1.54, 1.807) is 12.3 Å². The van der Waals surface area contributed by atoms with Crippen molar-refractivity contribution < 1.29 is 5.21 Å². The van der Waals surface area contributed by atoms with Crippen molar-refractivity contribution in [2.24, 2.45) is 10.9 Å². The highest BCUT2D eigenvalue weighted by Crippen LogP contribution is 2.18. The van der Waals surface area contributed by atoms with Gasteiger partial charge in [-0.2, -0.15) is 0 Å². The van der Waals surface area contributed by atoms with Gasteiger partial charge in [0.1, 0.15) is 5.82 Å². The molecule has 0 aromatic carbocycles. The average Bonchev–Trinajstić information content (AvgIpc) is 2.47. The van der Waals surface area contributed by atoms with Gasteiger partial charge in [0.2, 0.25) is 0 Å². The second-order valence-corrected chi connectivity index (χ2v) is 4.49. The number of oxime groups is 1. The quantitative estimate of drug-likeness (QED) is 0.381. The van der Waals surface area contributed by atoms with Crippen LogP contribution in [-0.4, -0.2) is 28.1 Å². The fourth-order valence-electron chi connectivity index (χ4n) is 1.90. The lowest BCUT2D eigenvalue weighted by molar-refractivity contribution is 0.318. The van der Waals surface area contributed by atoms with Crippen molar-refractivity contribution in [3.63, 3.8) is 0 Å². The van der Waals surface area contributed by atoms with Crippen LogP contribution in [-0.2, 0) is 6.54 Å². The van der Waals surface area contributed by atoms with Gasteiger partial charge < -0.3 is 15.8 Å². The minimum absolute atomic E-state index is 0.0420. The molecule has 0 saturated heterocycles. The summed E-state index contributed by atoms with van der Waals surface area (Å²) in [4.78, 5) is 10.7. The molecule has 20 heavy (non-hydrogen) atoms. The first-order valence-corrected chi connectivity index (χ1v) is 6.18. The van der Waals surface area contributed by atoms with Crippen molar-refractivity contribution in [2.75, 3.05) is 11.9 Å². The summed E-state index contributed by atoms with van der Waals surface area (Å²) in [7, 11) is 1.89. The van der Waals surface area contributed by atoms with Gasteiger partial charge in [-0.1, -0.05) is 11.2 Å². The number of hydrogen-bond donors (Lipinski definition) is 2. The van der Waals surface area contributed by atoms with Crippen LogP contribution in [0.15, 0.2) is 41.7 Å². The van der Waals surface area contributed by atoms with Crippen molar-refractivity contribution >= 4 is 11.7 Å². The summed E-state index contributed by atoms with van der Waals surface area (Å²) in [6, 6.07) is 9.36. The molecule has 2 aromatic rings. The molecule has 0 bridgehead atoms. The van der Waals surface area contributed by atoms with Gasteiger partial charge in [-0.05, 0) is 31.2 Å². The fraction of sp³-hybridized carbons (Fsp3) is 0.214. The number of nitrogens with two attached hydrogens (primary N) is 1. The van der Waals surface area contributed by atoms with Gasteiger partial charge in [0, 0.05) is 18.9 Å². The molecule has 2 heterocycles. The lowest BCUT2D eigenvalue weighted by Crippen LogP contribution is -2.24. The highest BCUT2D eigenvalue weighted by Gasteiger charge is 2.13. The van der Waals surface area contributed by atoms with E-state index in [4.69, 9.17) is 10.9 Å². The Kier molecular flexibility index (Phi) is 4.14. The van der Waals surface area contributed by atoms with E-state index in [0.717, 1.165) is 11.4 Å². The van der Waals surface area contributed by atoms with Crippen LogP contribution in [0, 0.1) is 6.92 Å². The topological polar surface area (TPSA) is 87.6 Å². The van der Waals surface area contributed by atoms with E-state index in [2.05, 4.69) is 15.1 Å². The van der Waals surface area contributed by atoms with Crippen molar-refractivity contribution in [1.29, 1.82) is 0 Å². The van der Waals surface area contributed by atoms with Gasteiger partial charge in [0.25, 0.3) is 0 Å². The third-order valence-corrected chi connectivity index (χ3v) is 2.88. The highest BCUT2D eigenvalue weighted by atomic mass is 16.4. The summed E-state index contributed by atoms with van der Waals surface area (Å²) in [5.41, 5.74) is 8.07. The number of rotatable bonds is 4. The van der Waals surface area contributed by atoms with Crippen LogP contribution in [0.5, 0.6) is 0 Å². The predicted molar refractivity (Wildman–Crippen MR) is 77.8 cm³/mol. The zero-order valence-corrected chi connectivity index (χ0v) is 11.5. The van der Waals surface area contributed by atoms with E-state index in [9.17, 15) is 0 Å². The molecule has 3 N–H and O–H groups in total. The SMILES string of the molecule is Cc1ccc(C(N)=NO)c(N(C)Cc2ccccn2)n1. The van der Waals surface area contributed by atoms with Gasteiger partial charge in [0.15, 0.2) is 5.84 Å². The number of amidine groups is 1. The molecule has 0 aliphatic rings. The van der Waals surface area contributed by atoms with Gasteiger partial charge in [-0.15, -0.1) is 0 Å². The van der Waals surface area contributed by atoms with E-state index < -0.39 is 0 Å². The Labute approximate surface area is 117 Å². The normalized spacial score (nSPS) is 11.4. The first-order valence-electron chi connectivity index (χ1n) is 6.18. The van der Waals surface area contributed by atoms with Crippen LogP contribution in [0.1, 0.15) is 17.0 Å². The number of pyridine rings is 2. The summed E-state index contributed by atoms with van der Waals surface area (Å²) < 4.78 is 0. The van der Waals surface area contributed by atoms with Crippen LogP contribution >= 0.6 is 0 Å². The minimum atomic E-state index is 0.0420. The van der Waals surface area contributed by atoms with Crippen molar-refractivity contribution in [3.8, 4) is 0 Å². The van der Waals surface area contributed by atoms with Crippen LogP contribution in [0.4, 0.5) is 5.82 Å². The second-order valence-electron chi connectivity index (χ2n) is 4.49. The molecule has 0 spiro atoms.